The van der Waals surface area contributed by atoms with E-state index < -0.39 is 12.0 Å². The third-order valence-electron chi connectivity index (χ3n) is 2.72. The van der Waals surface area contributed by atoms with Gasteiger partial charge in [-0.2, -0.15) is 0 Å². The first kappa shape index (κ1) is 13.6. The highest BCUT2D eigenvalue weighted by atomic mass is 19.1. The topological polar surface area (TPSA) is 49.3 Å². The Balaban J connectivity index is 2.62. The van der Waals surface area contributed by atoms with Gasteiger partial charge in [0.1, 0.15) is 11.9 Å². The molecule has 17 heavy (non-hydrogen) atoms. The maximum absolute atomic E-state index is 12.9. The second-order valence-electron chi connectivity index (χ2n) is 4.13. The first-order chi connectivity index (χ1) is 8.04. The van der Waals surface area contributed by atoms with Gasteiger partial charge in [-0.3, -0.25) is 4.79 Å². The van der Waals surface area contributed by atoms with Crippen molar-refractivity contribution >= 4 is 5.97 Å². The van der Waals surface area contributed by atoms with Gasteiger partial charge in [-0.05, 0) is 36.6 Å². The molecule has 0 aliphatic heterocycles. The lowest BCUT2D eigenvalue weighted by Gasteiger charge is -2.14. The first-order valence-corrected chi connectivity index (χ1v) is 5.75. The van der Waals surface area contributed by atoms with Crippen molar-refractivity contribution in [2.24, 2.45) is 0 Å². The molecular formula is C13H18FNO2. The Labute approximate surface area is 101 Å². The molecule has 1 atom stereocenters. The van der Waals surface area contributed by atoms with Crippen LogP contribution in [0.25, 0.3) is 0 Å². The number of hydrogen-bond acceptors (Lipinski definition) is 2. The van der Waals surface area contributed by atoms with E-state index in [4.69, 9.17) is 5.11 Å². The molecule has 1 rings (SSSR count). The van der Waals surface area contributed by atoms with E-state index in [0.717, 1.165) is 17.5 Å². The minimum atomic E-state index is -0.841. The third kappa shape index (κ3) is 4.15. The highest BCUT2D eigenvalue weighted by molar-refractivity contribution is 5.73. The number of carbonyl (C=O) groups is 1. The molecule has 0 saturated carbocycles. The Hall–Kier alpha value is -1.42. The Morgan fingerprint density at radius 3 is 2.76 bits per heavy atom. The Bertz CT molecular complexity index is 393. The second kappa shape index (κ2) is 6.35. The number of benzene rings is 1. The summed E-state index contributed by atoms with van der Waals surface area (Å²) in [5.41, 5.74) is 1.76. The van der Waals surface area contributed by atoms with Gasteiger partial charge in [-0.1, -0.05) is 19.4 Å². The van der Waals surface area contributed by atoms with Crippen LogP contribution in [0.1, 0.15) is 30.9 Å². The third-order valence-corrected chi connectivity index (χ3v) is 2.72. The van der Waals surface area contributed by atoms with Crippen LogP contribution in [0.3, 0.4) is 0 Å². The summed E-state index contributed by atoms with van der Waals surface area (Å²) in [5, 5.41) is 11.9. The van der Waals surface area contributed by atoms with E-state index >= 15 is 0 Å². The summed E-state index contributed by atoms with van der Waals surface area (Å²) in [7, 11) is 0. The molecule has 0 aliphatic carbocycles. The number of nitrogens with one attached hydrogen (secondary N) is 1. The monoisotopic (exact) mass is 239 g/mol. The van der Waals surface area contributed by atoms with E-state index in [2.05, 4.69) is 5.32 Å². The first-order valence-electron chi connectivity index (χ1n) is 5.75. The standard InChI is InChI=1S/C13H18FNO2/c1-3-4-12(13(16)17)15-8-10-5-6-11(14)7-9(10)2/h5-7,12,15H,3-4,8H2,1-2H3,(H,16,17). The van der Waals surface area contributed by atoms with Crippen molar-refractivity contribution in [3.63, 3.8) is 0 Å². The lowest BCUT2D eigenvalue weighted by Crippen LogP contribution is -2.36. The minimum absolute atomic E-state index is 0.269. The molecule has 0 fully saturated rings. The van der Waals surface area contributed by atoms with Gasteiger partial charge in [0.25, 0.3) is 0 Å². The normalized spacial score (nSPS) is 12.4. The molecule has 0 aliphatic rings. The average Bonchev–Trinajstić information content (AvgIpc) is 2.25. The number of hydrogen-bond donors (Lipinski definition) is 2. The number of halogens is 1. The molecule has 1 aromatic carbocycles. The lowest BCUT2D eigenvalue weighted by molar-refractivity contribution is -0.139. The molecule has 0 aromatic heterocycles. The minimum Gasteiger partial charge on any atom is -0.480 e. The Kier molecular flexibility index (Phi) is 5.10. The highest BCUT2D eigenvalue weighted by Gasteiger charge is 2.15. The van der Waals surface area contributed by atoms with E-state index in [1.807, 2.05) is 13.8 Å². The average molecular weight is 239 g/mol. The number of carboxylic acid groups (broad SMARTS) is 1. The largest absolute Gasteiger partial charge is 0.480 e. The quantitative estimate of drug-likeness (QED) is 0.801. The molecule has 0 spiro atoms. The van der Waals surface area contributed by atoms with E-state index in [9.17, 15) is 9.18 Å². The summed E-state index contributed by atoms with van der Waals surface area (Å²) in [5.74, 6) is -1.11. The van der Waals surface area contributed by atoms with Crippen LogP contribution in [0.2, 0.25) is 0 Å². The summed E-state index contributed by atoms with van der Waals surface area (Å²) in [4.78, 5) is 10.9. The fraction of sp³-hybridized carbons (Fsp3) is 0.462. The predicted octanol–water partition coefficient (Wildman–Crippen LogP) is 2.48. The summed E-state index contributed by atoms with van der Waals surface area (Å²) >= 11 is 0. The fourth-order valence-electron chi connectivity index (χ4n) is 1.69. The number of aryl methyl sites for hydroxylation is 1. The predicted molar refractivity (Wildman–Crippen MR) is 64.3 cm³/mol. The Morgan fingerprint density at radius 2 is 2.24 bits per heavy atom. The highest BCUT2D eigenvalue weighted by Crippen LogP contribution is 2.10. The molecule has 0 heterocycles. The van der Waals surface area contributed by atoms with Crippen molar-refractivity contribution in [1.29, 1.82) is 0 Å². The SMILES string of the molecule is CCCC(NCc1ccc(F)cc1C)C(=O)O. The molecule has 0 radical (unpaired) electrons. The summed E-state index contributed by atoms with van der Waals surface area (Å²) < 4.78 is 12.9. The zero-order valence-corrected chi connectivity index (χ0v) is 10.2. The van der Waals surface area contributed by atoms with Crippen molar-refractivity contribution in [1.82, 2.24) is 5.32 Å². The fourth-order valence-corrected chi connectivity index (χ4v) is 1.69. The van der Waals surface area contributed by atoms with E-state index in [-0.39, 0.29) is 5.82 Å². The van der Waals surface area contributed by atoms with Crippen LogP contribution in [0.15, 0.2) is 18.2 Å². The molecule has 4 heteroatoms. The summed E-state index contributed by atoms with van der Waals surface area (Å²) in [6.07, 6.45) is 1.40. The molecule has 0 amide bonds. The zero-order chi connectivity index (χ0) is 12.8. The van der Waals surface area contributed by atoms with Gasteiger partial charge in [0, 0.05) is 6.54 Å². The van der Waals surface area contributed by atoms with Crippen molar-refractivity contribution in [3.05, 3.63) is 35.1 Å². The zero-order valence-electron chi connectivity index (χ0n) is 10.2. The number of rotatable bonds is 6. The van der Waals surface area contributed by atoms with Gasteiger partial charge in [0.2, 0.25) is 0 Å². The van der Waals surface area contributed by atoms with Gasteiger partial charge in [-0.25, -0.2) is 4.39 Å². The molecule has 2 N–H and O–H groups in total. The molecule has 1 unspecified atom stereocenters. The van der Waals surface area contributed by atoms with Crippen molar-refractivity contribution in [2.75, 3.05) is 0 Å². The van der Waals surface area contributed by atoms with E-state index in [1.165, 1.54) is 12.1 Å². The number of carboxylic acids is 1. The van der Waals surface area contributed by atoms with Gasteiger partial charge in [-0.15, -0.1) is 0 Å². The summed E-state index contributed by atoms with van der Waals surface area (Å²) in [6.45, 7) is 4.21. The summed E-state index contributed by atoms with van der Waals surface area (Å²) in [6, 6.07) is 3.99. The maximum Gasteiger partial charge on any atom is 0.320 e. The van der Waals surface area contributed by atoms with Crippen LogP contribution in [0.5, 0.6) is 0 Å². The van der Waals surface area contributed by atoms with Crippen molar-refractivity contribution in [2.45, 2.75) is 39.3 Å². The van der Waals surface area contributed by atoms with Crippen LogP contribution in [0, 0.1) is 12.7 Å². The molecule has 0 saturated heterocycles. The van der Waals surface area contributed by atoms with Crippen LogP contribution in [0.4, 0.5) is 4.39 Å². The van der Waals surface area contributed by atoms with Crippen LogP contribution < -0.4 is 5.32 Å². The van der Waals surface area contributed by atoms with Gasteiger partial charge in [0.15, 0.2) is 0 Å². The lowest BCUT2D eigenvalue weighted by atomic mass is 10.1. The van der Waals surface area contributed by atoms with E-state index in [0.29, 0.717) is 13.0 Å². The molecule has 3 nitrogen and oxygen atoms in total. The van der Waals surface area contributed by atoms with Gasteiger partial charge in [0.05, 0.1) is 0 Å². The molecule has 1 aromatic rings. The van der Waals surface area contributed by atoms with Gasteiger partial charge >= 0.3 is 5.97 Å². The maximum atomic E-state index is 12.9. The molecule has 0 bridgehead atoms. The van der Waals surface area contributed by atoms with Crippen LogP contribution in [-0.4, -0.2) is 17.1 Å². The molecular weight excluding hydrogens is 221 g/mol. The Morgan fingerprint density at radius 1 is 1.53 bits per heavy atom. The smallest absolute Gasteiger partial charge is 0.320 e. The van der Waals surface area contributed by atoms with Crippen LogP contribution >= 0.6 is 0 Å². The van der Waals surface area contributed by atoms with Gasteiger partial charge < -0.3 is 10.4 Å². The second-order valence-corrected chi connectivity index (χ2v) is 4.13. The number of aliphatic carboxylic acids is 1. The van der Waals surface area contributed by atoms with E-state index in [1.54, 1.807) is 6.07 Å². The van der Waals surface area contributed by atoms with Crippen molar-refractivity contribution in [3.8, 4) is 0 Å². The molecule has 94 valence electrons. The van der Waals surface area contributed by atoms with Crippen LogP contribution in [-0.2, 0) is 11.3 Å². The van der Waals surface area contributed by atoms with Crippen molar-refractivity contribution < 1.29 is 14.3 Å².